The molecule has 1 fully saturated rings. The summed E-state index contributed by atoms with van der Waals surface area (Å²) in [5.74, 6) is 0.703. The van der Waals surface area contributed by atoms with Crippen molar-refractivity contribution in [2.24, 2.45) is 11.7 Å². The molecule has 3 heteroatoms. The van der Waals surface area contributed by atoms with Crippen molar-refractivity contribution in [1.29, 1.82) is 0 Å². The molecule has 0 saturated carbocycles. The van der Waals surface area contributed by atoms with Crippen molar-refractivity contribution in [2.75, 3.05) is 32.1 Å². The number of rotatable bonds is 4. The highest BCUT2D eigenvalue weighted by Gasteiger charge is 2.31. The smallest absolute Gasteiger partial charge is 0.0400 e. The predicted molar refractivity (Wildman–Crippen MR) is 87.4 cm³/mol. The van der Waals surface area contributed by atoms with Crippen molar-refractivity contribution in [1.82, 2.24) is 4.90 Å². The summed E-state index contributed by atoms with van der Waals surface area (Å²) in [5.41, 5.74) is 10.1. The van der Waals surface area contributed by atoms with E-state index >= 15 is 0 Å². The summed E-state index contributed by atoms with van der Waals surface area (Å²) in [6.07, 6.45) is 0.953. The lowest BCUT2D eigenvalue weighted by Gasteiger charge is -2.25. The van der Waals surface area contributed by atoms with E-state index in [0.717, 1.165) is 19.5 Å². The fourth-order valence-corrected chi connectivity index (χ4v) is 3.35. The minimum atomic E-state index is 0.209. The number of nitrogens with zero attached hydrogens (tertiary/aromatic N) is 2. The van der Waals surface area contributed by atoms with Gasteiger partial charge >= 0.3 is 0 Å². The summed E-state index contributed by atoms with van der Waals surface area (Å²) in [6, 6.07) is 7.64. The number of anilines is 1. The Balaban J connectivity index is 2.24. The fraction of sp³-hybridized carbons (Fsp3) is 0.647. The molecule has 0 aromatic heterocycles. The van der Waals surface area contributed by atoms with E-state index in [1.165, 1.54) is 16.8 Å². The summed E-state index contributed by atoms with van der Waals surface area (Å²) >= 11 is 0. The molecule has 1 aliphatic rings. The summed E-state index contributed by atoms with van der Waals surface area (Å²) in [6.45, 7) is 8.84. The van der Waals surface area contributed by atoms with Gasteiger partial charge in [-0.05, 0) is 51.9 Å². The van der Waals surface area contributed by atoms with Gasteiger partial charge in [-0.1, -0.05) is 24.6 Å². The van der Waals surface area contributed by atoms with Crippen LogP contribution in [0.2, 0.25) is 0 Å². The monoisotopic (exact) mass is 275 g/mol. The molecule has 0 bridgehead atoms. The first-order valence-corrected chi connectivity index (χ1v) is 7.65. The zero-order chi connectivity index (χ0) is 14.9. The molecule has 3 unspecified atom stereocenters. The first-order valence-electron chi connectivity index (χ1n) is 7.65. The topological polar surface area (TPSA) is 32.5 Å². The highest BCUT2D eigenvalue weighted by atomic mass is 15.2. The van der Waals surface area contributed by atoms with Gasteiger partial charge in [-0.2, -0.15) is 0 Å². The van der Waals surface area contributed by atoms with Crippen LogP contribution in [0.4, 0.5) is 5.69 Å². The fourth-order valence-electron chi connectivity index (χ4n) is 3.35. The van der Waals surface area contributed by atoms with Crippen molar-refractivity contribution < 1.29 is 0 Å². The van der Waals surface area contributed by atoms with Gasteiger partial charge in [0.1, 0.15) is 0 Å². The van der Waals surface area contributed by atoms with Gasteiger partial charge in [-0.15, -0.1) is 0 Å². The van der Waals surface area contributed by atoms with E-state index in [1.54, 1.807) is 0 Å². The SMILES string of the molecule is Cc1ccc(N2CC(C)C(N(C)C)C2)c(CC(C)N)c1. The minimum absolute atomic E-state index is 0.209. The Kier molecular flexibility index (Phi) is 4.71. The van der Waals surface area contributed by atoms with Gasteiger partial charge in [0.15, 0.2) is 0 Å². The largest absolute Gasteiger partial charge is 0.369 e. The first-order chi connectivity index (χ1) is 9.38. The van der Waals surface area contributed by atoms with Crippen molar-refractivity contribution in [3.63, 3.8) is 0 Å². The zero-order valence-electron chi connectivity index (χ0n) is 13.6. The third kappa shape index (κ3) is 3.33. The molecule has 0 radical (unpaired) electrons. The van der Waals surface area contributed by atoms with Crippen LogP contribution in [0.5, 0.6) is 0 Å². The molecule has 0 aliphatic carbocycles. The number of hydrogen-bond acceptors (Lipinski definition) is 3. The molecule has 20 heavy (non-hydrogen) atoms. The number of aryl methyl sites for hydroxylation is 1. The average Bonchev–Trinajstić information content (AvgIpc) is 2.70. The number of hydrogen-bond donors (Lipinski definition) is 1. The van der Waals surface area contributed by atoms with Crippen LogP contribution < -0.4 is 10.6 Å². The van der Waals surface area contributed by atoms with Gasteiger partial charge < -0.3 is 15.5 Å². The lowest BCUT2D eigenvalue weighted by molar-refractivity contribution is 0.266. The molecule has 1 saturated heterocycles. The number of nitrogens with two attached hydrogens (primary N) is 1. The van der Waals surface area contributed by atoms with Gasteiger partial charge in [0, 0.05) is 30.9 Å². The van der Waals surface area contributed by atoms with Gasteiger partial charge in [-0.3, -0.25) is 0 Å². The van der Waals surface area contributed by atoms with E-state index in [-0.39, 0.29) is 6.04 Å². The van der Waals surface area contributed by atoms with Crippen LogP contribution >= 0.6 is 0 Å². The Morgan fingerprint density at radius 1 is 1.35 bits per heavy atom. The van der Waals surface area contributed by atoms with Crippen molar-refractivity contribution in [3.05, 3.63) is 29.3 Å². The maximum atomic E-state index is 6.02. The maximum Gasteiger partial charge on any atom is 0.0400 e. The van der Waals surface area contributed by atoms with Gasteiger partial charge in [0.2, 0.25) is 0 Å². The standard InChI is InChI=1S/C17H29N3/c1-12-6-7-16(15(8-12)9-14(3)18)20-10-13(2)17(11-20)19(4)5/h6-8,13-14,17H,9-11,18H2,1-5H3. The highest BCUT2D eigenvalue weighted by Crippen LogP contribution is 2.30. The number of likely N-dealkylation sites (N-methyl/N-ethyl adjacent to an activating group) is 1. The Morgan fingerprint density at radius 2 is 2.05 bits per heavy atom. The summed E-state index contributed by atoms with van der Waals surface area (Å²) in [5, 5.41) is 0. The summed E-state index contributed by atoms with van der Waals surface area (Å²) in [7, 11) is 4.37. The quantitative estimate of drug-likeness (QED) is 0.915. The Labute approximate surface area is 123 Å². The van der Waals surface area contributed by atoms with Crippen molar-refractivity contribution >= 4 is 5.69 Å². The van der Waals surface area contributed by atoms with Gasteiger partial charge in [0.25, 0.3) is 0 Å². The normalized spacial score (nSPS) is 24.4. The molecule has 1 aliphatic heterocycles. The van der Waals surface area contributed by atoms with E-state index in [2.05, 4.69) is 62.9 Å². The molecule has 0 spiro atoms. The Hall–Kier alpha value is -1.06. The second kappa shape index (κ2) is 6.15. The molecular formula is C17H29N3. The second-order valence-corrected chi connectivity index (χ2v) is 6.73. The minimum Gasteiger partial charge on any atom is -0.369 e. The van der Waals surface area contributed by atoms with Crippen molar-refractivity contribution in [3.8, 4) is 0 Å². The molecule has 2 rings (SSSR count). The van der Waals surface area contributed by atoms with Crippen LogP contribution in [-0.2, 0) is 6.42 Å². The van der Waals surface area contributed by atoms with E-state index in [9.17, 15) is 0 Å². The Morgan fingerprint density at radius 3 is 2.60 bits per heavy atom. The molecule has 0 amide bonds. The zero-order valence-corrected chi connectivity index (χ0v) is 13.6. The predicted octanol–water partition coefficient (Wildman–Crippen LogP) is 2.27. The molecule has 3 nitrogen and oxygen atoms in total. The lowest BCUT2D eigenvalue weighted by Crippen LogP contribution is -2.34. The van der Waals surface area contributed by atoms with Gasteiger partial charge in [-0.25, -0.2) is 0 Å². The lowest BCUT2D eigenvalue weighted by atomic mass is 10.0. The van der Waals surface area contributed by atoms with Crippen LogP contribution in [0.1, 0.15) is 25.0 Å². The summed E-state index contributed by atoms with van der Waals surface area (Å²) < 4.78 is 0. The molecule has 1 aromatic rings. The molecule has 1 aromatic carbocycles. The molecular weight excluding hydrogens is 246 g/mol. The van der Waals surface area contributed by atoms with Crippen LogP contribution in [0, 0.1) is 12.8 Å². The molecule has 112 valence electrons. The van der Waals surface area contributed by atoms with Crippen LogP contribution in [0.15, 0.2) is 18.2 Å². The van der Waals surface area contributed by atoms with Gasteiger partial charge in [0.05, 0.1) is 0 Å². The van der Waals surface area contributed by atoms with Crippen LogP contribution in [0.25, 0.3) is 0 Å². The molecule has 2 N–H and O–H groups in total. The number of benzene rings is 1. The second-order valence-electron chi connectivity index (χ2n) is 6.73. The summed E-state index contributed by atoms with van der Waals surface area (Å²) in [4.78, 5) is 4.89. The van der Waals surface area contributed by atoms with E-state index < -0.39 is 0 Å². The molecule has 3 atom stereocenters. The van der Waals surface area contributed by atoms with E-state index in [0.29, 0.717) is 12.0 Å². The average molecular weight is 275 g/mol. The third-order valence-electron chi connectivity index (χ3n) is 4.35. The third-order valence-corrected chi connectivity index (χ3v) is 4.35. The van der Waals surface area contributed by atoms with Crippen molar-refractivity contribution in [2.45, 2.75) is 39.3 Å². The van der Waals surface area contributed by atoms with Crippen LogP contribution in [0.3, 0.4) is 0 Å². The highest BCUT2D eigenvalue weighted by molar-refractivity contribution is 5.56. The Bertz CT molecular complexity index is 454. The van der Waals surface area contributed by atoms with E-state index in [4.69, 9.17) is 5.73 Å². The first kappa shape index (κ1) is 15.3. The van der Waals surface area contributed by atoms with E-state index in [1.807, 2.05) is 0 Å². The maximum absolute atomic E-state index is 6.02. The van der Waals surface area contributed by atoms with Crippen LogP contribution in [-0.4, -0.2) is 44.2 Å². The molecule has 1 heterocycles.